The van der Waals surface area contributed by atoms with E-state index in [1.54, 1.807) is 12.1 Å². The summed E-state index contributed by atoms with van der Waals surface area (Å²) in [7, 11) is 0. The third kappa shape index (κ3) is 5.00. The maximum absolute atomic E-state index is 14.4. The van der Waals surface area contributed by atoms with Gasteiger partial charge < -0.3 is 20.4 Å². The molecule has 29 heavy (non-hydrogen) atoms. The third-order valence-electron chi connectivity index (χ3n) is 4.47. The molecule has 0 aliphatic carbocycles. The molecular formula is C22H23F2N3O2. The minimum atomic E-state index is -0.833. The van der Waals surface area contributed by atoms with Gasteiger partial charge in [-0.15, -0.1) is 0 Å². The molecule has 5 rings (SSSR count). The Labute approximate surface area is 166 Å². The number of nitrogens with one attached hydrogen (secondary N) is 3. The number of hydrogen-bond acceptors (Lipinski definition) is 2. The normalized spacial score (nSPS) is 12.9. The highest BCUT2D eigenvalue weighted by Crippen LogP contribution is 2.31. The van der Waals surface area contributed by atoms with Gasteiger partial charge in [-0.25, -0.2) is 8.78 Å². The summed E-state index contributed by atoms with van der Waals surface area (Å²) in [6, 6.07) is 14.0. The largest absolute Gasteiger partial charge is 0.481 e. The van der Waals surface area contributed by atoms with Crippen LogP contribution in [0.5, 0.6) is 0 Å². The van der Waals surface area contributed by atoms with Gasteiger partial charge in [-0.3, -0.25) is 4.79 Å². The first-order chi connectivity index (χ1) is 14.0. The topological polar surface area (TPSA) is 80.9 Å². The number of carbonyl (C=O) groups is 1. The molecule has 152 valence electrons. The molecule has 0 atom stereocenters. The second kappa shape index (κ2) is 9.34. The van der Waals surface area contributed by atoms with Crippen LogP contribution >= 0.6 is 0 Å². The second-order valence-electron chi connectivity index (χ2n) is 6.72. The summed E-state index contributed by atoms with van der Waals surface area (Å²) in [5, 5.41) is 11.6. The number of hydrogen-bond donors (Lipinski definition) is 4. The fourth-order valence-corrected chi connectivity index (χ4v) is 3.18. The fraction of sp³-hybridized carbons (Fsp3) is 0.227. The number of halogens is 2. The molecule has 0 radical (unpaired) electrons. The van der Waals surface area contributed by atoms with Crippen LogP contribution in [0, 0.1) is 11.6 Å². The van der Waals surface area contributed by atoms with Crippen molar-refractivity contribution in [1.82, 2.24) is 15.3 Å². The minimum absolute atomic E-state index is 0.00107. The second-order valence-corrected chi connectivity index (χ2v) is 6.72. The van der Waals surface area contributed by atoms with Crippen molar-refractivity contribution in [3.63, 3.8) is 0 Å². The lowest BCUT2D eigenvalue weighted by Crippen LogP contribution is -2.03. The monoisotopic (exact) mass is 399 g/mol. The molecule has 1 aliphatic rings. The summed E-state index contributed by atoms with van der Waals surface area (Å²) in [5.41, 5.74) is 2.26. The predicted molar refractivity (Wildman–Crippen MR) is 111 cm³/mol. The molecule has 0 unspecified atom stereocenters. The van der Waals surface area contributed by atoms with Crippen LogP contribution in [-0.2, 0) is 4.79 Å². The zero-order valence-electron chi connectivity index (χ0n) is 16.1. The maximum atomic E-state index is 14.4. The number of para-hydroxylation sites is 1. The number of aliphatic carboxylic acids is 1. The van der Waals surface area contributed by atoms with Crippen LogP contribution in [0.2, 0.25) is 0 Å². The van der Waals surface area contributed by atoms with Gasteiger partial charge in [0.2, 0.25) is 0 Å². The van der Waals surface area contributed by atoms with Crippen LogP contribution in [0.1, 0.15) is 19.8 Å². The number of carboxylic acid groups (broad SMARTS) is 1. The van der Waals surface area contributed by atoms with Gasteiger partial charge in [-0.05, 0) is 50.2 Å². The standard InChI is InChI=1S/C16H10F2N2.C4H9N.C2H4O2/c17-10-5-3-7-12-14(10)15(18)16(20-12)13-8-9-4-1-2-6-11(9)19-13;1-2-4-5-3-1;1-2(3)4/h1-8,19-20H;5H,1-4H2;1H3,(H,3,4). The van der Waals surface area contributed by atoms with E-state index in [9.17, 15) is 8.78 Å². The molecule has 7 heteroatoms. The summed E-state index contributed by atoms with van der Waals surface area (Å²) in [5.74, 6) is -1.96. The van der Waals surface area contributed by atoms with E-state index < -0.39 is 17.6 Å². The molecule has 0 bridgehead atoms. The van der Waals surface area contributed by atoms with E-state index in [1.807, 2.05) is 30.3 Å². The van der Waals surface area contributed by atoms with Crippen LogP contribution in [-0.4, -0.2) is 34.1 Å². The zero-order valence-corrected chi connectivity index (χ0v) is 16.1. The van der Waals surface area contributed by atoms with Crippen molar-refractivity contribution in [3.8, 4) is 11.4 Å². The van der Waals surface area contributed by atoms with Gasteiger partial charge in [0.25, 0.3) is 5.97 Å². The lowest BCUT2D eigenvalue weighted by Gasteiger charge is -1.93. The van der Waals surface area contributed by atoms with Gasteiger partial charge in [0, 0.05) is 17.8 Å². The molecule has 0 amide bonds. The molecule has 1 fully saturated rings. The molecule has 3 heterocycles. The Morgan fingerprint density at radius 2 is 1.62 bits per heavy atom. The number of aromatic amines is 2. The molecule has 4 N–H and O–H groups in total. The lowest BCUT2D eigenvalue weighted by molar-refractivity contribution is -0.134. The summed E-state index contributed by atoms with van der Waals surface area (Å²) in [6.45, 7) is 3.58. The van der Waals surface area contributed by atoms with Gasteiger partial charge in [-0.1, -0.05) is 24.3 Å². The fourth-order valence-electron chi connectivity index (χ4n) is 3.18. The number of rotatable bonds is 1. The molecule has 4 aromatic rings. The first-order valence-corrected chi connectivity index (χ1v) is 9.41. The van der Waals surface area contributed by atoms with Crippen LogP contribution in [0.25, 0.3) is 33.2 Å². The van der Waals surface area contributed by atoms with Crippen molar-refractivity contribution in [2.75, 3.05) is 13.1 Å². The molecule has 0 spiro atoms. The van der Waals surface area contributed by atoms with Crippen molar-refractivity contribution in [2.24, 2.45) is 0 Å². The first-order valence-electron chi connectivity index (χ1n) is 9.41. The molecule has 1 saturated heterocycles. The summed E-state index contributed by atoms with van der Waals surface area (Å²) in [6.07, 6.45) is 2.78. The average Bonchev–Trinajstić information content (AvgIpc) is 3.42. The quantitative estimate of drug-likeness (QED) is 0.361. The average molecular weight is 399 g/mol. The third-order valence-corrected chi connectivity index (χ3v) is 4.47. The number of aromatic nitrogens is 2. The Balaban J connectivity index is 0.000000224. The Morgan fingerprint density at radius 1 is 0.966 bits per heavy atom. The van der Waals surface area contributed by atoms with Gasteiger partial charge in [0.15, 0.2) is 5.82 Å². The lowest BCUT2D eigenvalue weighted by atomic mass is 10.2. The van der Waals surface area contributed by atoms with Gasteiger partial charge in [-0.2, -0.15) is 0 Å². The Morgan fingerprint density at radius 3 is 2.21 bits per heavy atom. The Hall–Kier alpha value is -3.19. The number of benzene rings is 2. The molecule has 2 aromatic carbocycles. The summed E-state index contributed by atoms with van der Waals surface area (Å²) in [4.78, 5) is 15.1. The maximum Gasteiger partial charge on any atom is 0.300 e. The Bertz CT molecular complexity index is 1070. The van der Waals surface area contributed by atoms with Crippen LogP contribution < -0.4 is 5.32 Å². The molecule has 2 aromatic heterocycles. The van der Waals surface area contributed by atoms with E-state index in [0.29, 0.717) is 11.2 Å². The first kappa shape index (κ1) is 20.5. The summed E-state index contributed by atoms with van der Waals surface area (Å²) < 4.78 is 28.1. The molecule has 5 nitrogen and oxygen atoms in total. The van der Waals surface area contributed by atoms with E-state index in [2.05, 4.69) is 15.3 Å². The van der Waals surface area contributed by atoms with Crippen molar-refractivity contribution in [2.45, 2.75) is 19.8 Å². The van der Waals surface area contributed by atoms with E-state index in [1.165, 1.54) is 32.0 Å². The SMILES string of the molecule is C1CCNC1.CC(=O)O.Fc1cccc2[nH]c(-c3cc4ccccc4[nH]3)c(F)c12. The number of fused-ring (bicyclic) bond motifs is 2. The van der Waals surface area contributed by atoms with Crippen LogP contribution in [0.3, 0.4) is 0 Å². The van der Waals surface area contributed by atoms with Gasteiger partial charge in [0.05, 0.1) is 22.3 Å². The number of carboxylic acids is 1. The van der Waals surface area contributed by atoms with E-state index in [4.69, 9.17) is 9.90 Å². The highest BCUT2D eigenvalue weighted by molar-refractivity contribution is 5.90. The smallest absolute Gasteiger partial charge is 0.300 e. The van der Waals surface area contributed by atoms with Crippen LogP contribution in [0.15, 0.2) is 48.5 Å². The highest BCUT2D eigenvalue weighted by Gasteiger charge is 2.17. The highest BCUT2D eigenvalue weighted by atomic mass is 19.1. The van der Waals surface area contributed by atoms with Gasteiger partial charge >= 0.3 is 0 Å². The van der Waals surface area contributed by atoms with Crippen molar-refractivity contribution >= 4 is 27.8 Å². The predicted octanol–water partition coefficient (Wildman–Crippen LogP) is 5.06. The van der Waals surface area contributed by atoms with E-state index >= 15 is 0 Å². The number of H-pyrrole nitrogens is 2. The summed E-state index contributed by atoms with van der Waals surface area (Å²) >= 11 is 0. The molecular weight excluding hydrogens is 376 g/mol. The van der Waals surface area contributed by atoms with Crippen LogP contribution in [0.4, 0.5) is 8.78 Å². The van der Waals surface area contributed by atoms with Crippen molar-refractivity contribution in [3.05, 3.63) is 60.2 Å². The van der Waals surface area contributed by atoms with Crippen molar-refractivity contribution in [1.29, 1.82) is 0 Å². The molecule has 0 saturated carbocycles. The van der Waals surface area contributed by atoms with E-state index in [0.717, 1.165) is 17.8 Å². The zero-order chi connectivity index (χ0) is 20.8. The van der Waals surface area contributed by atoms with Crippen molar-refractivity contribution < 1.29 is 18.7 Å². The van der Waals surface area contributed by atoms with E-state index in [-0.39, 0.29) is 11.1 Å². The molecule has 1 aliphatic heterocycles. The Kier molecular flexibility index (Phi) is 6.61. The minimum Gasteiger partial charge on any atom is -0.481 e. The van der Waals surface area contributed by atoms with Gasteiger partial charge in [0.1, 0.15) is 5.82 Å².